The number of amides is 1. The summed E-state index contributed by atoms with van der Waals surface area (Å²) in [6, 6.07) is 14.9. The molecule has 0 radical (unpaired) electrons. The first kappa shape index (κ1) is 20.3. The zero-order valence-electron chi connectivity index (χ0n) is 17.1. The van der Waals surface area contributed by atoms with Crippen molar-refractivity contribution >= 4 is 26.5 Å². The Balaban J connectivity index is 1.29. The van der Waals surface area contributed by atoms with E-state index in [0.717, 1.165) is 32.7 Å². The van der Waals surface area contributed by atoms with Crippen LogP contribution in [0.1, 0.15) is 12.0 Å². The minimum atomic E-state index is -2.96. The van der Waals surface area contributed by atoms with Crippen molar-refractivity contribution in [1.82, 2.24) is 4.90 Å². The van der Waals surface area contributed by atoms with Crippen molar-refractivity contribution in [2.75, 3.05) is 51.3 Å². The van der Waals surface area contributed by atoms with Gasteiger partial charge in [0.05, 0.1) is 11.5 Å². The minimum absolute atomic E-state index is 0.0691. The average molecular weight is 418 g/mol. The molecular formula is C22H31N3O3S+2. The molecule has 6 nitrogen and oxygen atoms in total. The summed E-state index contributed by atoms with van der Waals surface area (Å²) in [5.41, 5.74) is 1.39. The molecule has 1 atom stereocenters. The maximum atomic E-state index is 12.6. The number of likely N-dealkylation sites (N-methyl/N-ethyl adjacent to an activating group) is 1. The summed E-state index contributed by atoms with van der Waals surface area (Å²) in [7, 11) is -1.20. The Morgan fingerprint density at radius 2 is 1.72 bits per heavy atom. The molecule has 2 aromatic carbocycles. The van der Waals surface area contributed by atoms with Crippen LogP contribution in [0.25, 0.3) is 10.8 Å². The third-order valence-corrected chi connectivity index (χ3v) is 8.29. The lowest BCUT2D eigenvalue weighted by molar-refractivity contribution is -1.02. The number of hydrogen-bond acceptors (Lipinski definition) is 3. The van der Waals surface area contributed by atoms with Gasteiger partial charge in [0.2, 0.25) is 0 Å². The van der Waals surface area contributed by atoms with E-state index < -0.39 is 9.84 Å². The highest BCUT2D eigenvalue weighted by Gasteiger charge is 2.34. The molecule has 0 bridgehead atoms. The Kier molecular flexibility index (Phi) is 5.90. The zero-order chi connectivity index (χ0) is 20.4. The second kappa shape index (κ2) is 8.42. The van der Waals surface area contributed by atoms with E-state index in [9.17, 15) is 13.2 Å². The number of fused-ring (bicyclic) bond motifs is 1. The van der Waals surface area contributed by atoms with Gasteiger partial charge in [-0.1, -0.05) is 42.5 Å². The van der Waals surface area contributed by atoms with Crippen LogP contribution in [-0.2, 0) is 21.2 Å². The molecule has 7 heteroatoms. The Labute approximate surface area is 173 Å². The molecule has 0 aromatic heterocycles. The maximum absolute atomic E-state index is 12.6. The largest absolute Gasteiger partial charge is 0.337 e. The Morgan fingerprint density at radius 1 is 1.03 bits per heavy atom. The lowest BCUT2D eigenvalue weighted by Gasteiger charge is -2.31. The number of rotatable bonds is 5. The first-order chi connectivity index (χ1) is 13.9. The first-order valence-electron chi connectivity index (χ1n) is 10.5. The van der Waals surface area contributed by atoms with E-state index in [2.05, 4.69) is 42.5 Å². The molecule has 1 amide bonds. The monoisotopic (exact) mass is 417 g/mol. The molecule has 2 aliphatic heterocycles. The lowest BCUT2D eigenvalue weighted by atomic mass is 10.0. The number of nitrogens with zero attached hydrogens (tertiary/aromatic N) is 1. The van der Waals surface area contributed by atoms with Gasteiger partial charge < -0.3 is 14.7 Å². The highest BCUT2D eigenvalue weighted by molar-refractivity contribution is 7.91. The van der Waals surface area contributed by atoms with E-state index in [1.165, 1.54) is 21.2 Å². The maximum Gasteiger partial charge on any atom is 0.277 e. The second-order valence-electron chi connectivity index (χ2n) is 8.55. The van der Waals surface area contributed by atoms with Gasteiger partial charge in [-0.3, -0.25) is 4.79 Å². The van der Waals surface area contributed by atoms with Gasteiger partial charge in [-0.05, 0) is 17.2 Å². The van der Waals surface area contributed by atoms with Crippen molar-refractivity contribution in [3.05, 3.63) is 48.0 Å². The summed E-state index contributed by atoms with van der Waals surface area (Å²) >= 11 is 0. The van der Waals surface area contributed by atoms with Crippen LogP contribution >= 0.6 is 0 Å². The van der Waals surface area contributed by atoms with Gasteiger partial charge in [-0.25, -0.2) is 8.42 Å². The molecule has 0 aliphatic carbocycles. The van der Waals surface area contributed by atoms with Crippen molar-refractivity contribution in [2.24, 2.45) is 0 Å². The number of hydrogen-bond donors (Lipinski definition) is 2. The number of carbonyl (C=O) groups is 1. The molecule has 2 heterocycles. The highest BCUT2D eigenvalue weighted by Crippen LogP contribution is 2.18. The van der Waals surface area contributed by atoms with Gasteiger partial charge in [-0.2, -0.15) is 0 Å². The summed E-state index contributed by atoms with van der Waals surface area (Å²) < 4.78 is 23.4. The molecule has 2 saturated heterocycles. The predicted octanol–water partition coefficient (Wildman–Crippen LogP) is -1.23. The molecule has 0 saturated carbocycles. The predicted molar refractivity (Wildman–Crippen MR) is 114 cm³/mol. The second-order valence-corrected chi connectivity index (χ2v) is 10.8. The Bertz CT molecular complexity index is 978. The smallest absolute Gasteiger partial charge is 0.277 e. The summed E-state index contributed by atoms with van der Waals surface area (Å²) in [6.07, 6.45) is 0.572. The van der Waals surface area contributed by atoms with Crippen LogP contribution in [0.5, 0.6) is 0 Å². The molecule has 2 fully saturated rings. The van der Waals surface area contributed by atoms with Gasteiger partial charge in [0.15, 0.2) is 16.4 Å². The van der Waals surface area contributed by atoms with E-state index >= 15 is 0 Å². The topological polar surface area (TPSA) is 63.3 Å². The fourth-order valence-electron chi connectivity index (χ4n) is 4.65. The third kappa shape index (κ3) is 4.79. The lowest BCUT2D eigenvalue weighted by Crippen LogP contribution is -3.28. The fourth-order valence-corrected chi connectivity index (χ4v) is 6.42. The molecule has 4 rings (SSSR count). The molecule has 2 N–H and O–H groups in total. The minimum Gasteiger partial charge on any atom is -0.337 e. The number of quaternary nitrogens is 2. The Hall–Kier alpha value is -1.96. The molecule has 156 valence electrons. The van der Waals surface area contributed by atoms with Crippen LogP contribution < -0.4 is 9.80 Å². The van der Waals surface area contributed by atoms with E-state index in [1.807, 2.05) is 0 Å². The third-order valence-electron chi connectivity index (χ3n) is 6.54. The number of piperazine rings is 1. The number of benzene rings is 2. The van der Waals surface area contributed by atoms with Crippen LogP contribution in [0.4, 0.5) is 0 Å². The van der Waals surface area contributed by atoms with Gasteiger partial charge in [0.1, 0.15) is 32.7 Å². The van der Waals surface area contributed by atoms with Gasteiger partial charge in [0.25, 0.3) is 5.91 Å². The van der Waals surface area contributed by atoms with Crippen molar-refractivity contribution in [3.63, 3.8) is 0 Å². The van der Waals surface area contributed by atoms with Crippen molar-refractivity contribution in [2.45, 2.75) is 19.0 Å². The van der Waals surface area contributed by atoms with Crippen molar-refractivity contribution < 1.29 is 23.0 Å². The van der Waals surface area contributed by atoms with Crippen molar-refractivity contribution in [3.8, 4) is 0 Å². The summed E-state index contributed by atoms with van der Waals surface area (Å²) in [5.74, 6) is 0.394. The normalized spacial score (nSPS) is 26.4. The van der Waals surface area contributed by atoms with Crippen LogP contribution in [0, 0.1) is 0 Å². The van der Waals surface area contributed by atoms with E-state index in [1.54, 1.807) is 16.8 Å². The van der Waals surface area contributed by atoms with Gasteiger partial charge in [-0.15, -0.1) is 0 Å². The summed E-state index contributed by atoms with van der Waals surface area (Å²) in [4.78, 5) is 17.2. The van der Waals surface area contributed by atoms with Crippen LogP contribution in [0.3, 0.4) is 0 Å². The van der Waals surface area contributed by atoms with Gasteiger partial charge >= 0.3 is 0 Å². The quantitative estimate of drug-likeness (QED) is 0.640. The van der Waals surface area contributed by atoms with Crippen LogP contribution in [0.15, 0.2) is 42.5 Å². The number of sulfone groups is 1. The number of carbonyl (C=O) groups excluding carboxylic acids is 1. The van der Waals surface area contributed by atoms with E-state index in [0.29, 0.717) is 13.0 Å². The van der Waals surface area contributed by atoms with E-state index in [-0.39, 0.29) is 23.5 Å². The average Bonchev–Trinajstić information content (AvgIpc) is 3.09. The molecule has 0 unspecified atom stereocenters. The van der Waals surface area contributed by atoms with Crippen molar-refractivity contribution in [1.29, 1.82) is 0 Å². The molecule has 2 aliphatic rings. The summed E-state index contributed by atoms with van der Waals surface area (Å²) in [6.45, 7) is 5.53. The summed E-state index contributed by atoms with van der Waals surface area (Å²) in [5, 5.41) is 2.62. The Morgan fingerprint density at radius 3 is 2.45 bits per heavy atom. The standard InChI is InChI=1S/C22H29N3O3S/c1-23(20-9-14-29(27,28)17-20)22(26)16-25-12-10-24(11-13-25)15-19-7-4-6-18-5-2-3-8-21(18)19/h2-8,20H,9-17H2,1H3/p+2/t20-/m1/s1. The van der Waals surface area contributed by atoms with Gasteiger partial charge in [0, 0.05) is 18.7 Å². The van der Waals surface area contributed by atoms with Crippen LogP contribution in [0.2, 0.25) is 0 Å². The zero-order valence-corrected chi connectivity index (χ0v) is 17.9. The molecule has 29 heavy (non-hydrogen) atoms. The van der Waals surface area contributed by atoms with Crippen LogP contribution in [-0.4, -0.2) is 76.5 Å². The molecule has 0 spiro atoms. The van der Waals surface area contributed by atoms with E-state index in [4.69, 9.17) is 0 Å². The number of nitrogens with one attached hydrogen (secondary N) is 2. The first-order valence-corrected chi connectivity index (χ1v) is 12.3. The highest BCUT2D eigenvalue weighted by atomic mass is 32.2. The molecule has 2 aromatic rings. The SMILES string of the molecule is CN(C(=O)C[NH+]1CC[NH+](Cc2cccc3ccccc23)CC1)[C@@H]1CCS(=O)(=O)C1. The molecular weight excluding hydrogens is 386 g/mol. The fraction of sp³-hybridized carbons (Fsp3) is 0.500.